The van der Waals surface area contributed by atoms with Crippen LogP contribution in [-0.4, -0.2) is 80.9 Å². The number of aliphatic carboxylic acids is 1. The highest BCUT2D eigenvalue weighted by Crippen LogP contribution is 2.32. The van der Waals surface area contributed by atoms with E-state index in [2.05, 4.69) is 0 Å². The maximum atomic E-state index is 12.2. The van der Waals surface area contributed by atoms with Crippen LogP contribution >= 0.6 is 0 Å². The summed E-state index contributed by atoms with van der Waals surface area (Å²) < 4.78 is 0. The second-order valence-electron chi connectivity index (χ2n) is 7.54. The molecule has 3 aliphatic heterocycles. The first kappa shape index (κ1) is 21.8. The summed E-state index contributed by atoms with van der Waals surface area (Å²) >= 11 is 0. The molecule has 0 aromatic carbocycles. The molecule has 31 heavy (non-hydrogen) atoms. The van der Waals surface area contributed by atoms with Crippen LogP contribution in [0.2, 0.25) is 0 Å². The van der Waals surface area contributed by atoms with E-state index in [1.165, 1.54) is 0 Å². The number of nitrogens with zero attached hydrogens (tertiary/aromatic N) is 3. The van der Waals surface area contributed by atoms with Crippen molar-refractivity contribution in [2.24, 2.45) is 5.41 Å². The SMILES string of the molecule is O=C(O)CCCC(CN1C(=O)C=CC1=O)(CN1C(=O)C=CC1=O)CN1C(=O)C=CC1=O. The number of carbonyl (C=O) groups is 7. The van der Waals surface area contributed by atoms with Gasteiger partial charge in [0.1, 0.15) is 0 Å². The van der Waals surface area contributed by atoms with Crippen molar-refractivity contribution in [3.8, 4) is 0 Å². The quantitative estimate of drug-likeness (QED) is 0.435. The Kier molecular flexibility index (Phi) is 5.95. The lowest BCUT2D eigenvalue weighted by atomic mass is 9.80. The number of amides is 6. The Morgan fingerprint density at radius 3 is 1.19 bits per heavy atom. The molecule has 0 saturated heterocycles. The van der Waals surface area contributed by atoms with Crippen LogP contribution in [0.15, 0.2) is 36.5 Å². The first-order valence-electron chi connectivity index (χ1n) is 9.44. The van der Waals surface area contributed by atoms with Crippen molar-refractivity contribution in [2.45, 2.75) is 19.3 Å². The second kappa shape index (κ2) is 8.46. The number of rotatable bonds is 10. The van der Waals surface area contributed by atoms with Crippen LogP contribution in [0.5, 0.6) is 0 Å². The third kappa shape index (κ3) is 4.65. The van der Waals surface area contributed by atoms with Gasteiger partial charge < -0.3 is 5.11 Å². The number of hydrogen-bond donors (Lipinski definition) is 1. The summed E-state index contributed by atoms with van der Waals surface area (Å²) in [5, 5.41) is 9.03. The van der Waals surface area contributed by atoms with Gasteiger partial charge in [-0.25, -0.2) is 0 Å². The van der Waals surface area contributed by atoms with Gasteiger partial charge in [-0.1, -0.05) is 0 Å². The molecule has 0 saturated carbocycles. The van der Waals surface area contributed by atoms with Gasteiger partial charge in [-0.2, -0.15) is 0 Å². The van der Waals surface area contributed by atoms with Crippen LogP contribution in [0.1, 0.15) is 19.3 Å². The highest BCUT2D eigenvalue weighted by atomic mass is 16.4. The van der Waals surface area contributed by atoms with Crippen LogP contribution in [0.3, 0.4) is 0 Å². The summed E-state index contributed by atoms with van der Waals surface area (Å²) in [6.45, 7) is -0.942. The van der Waals surface area contributed by atoms with Crippen molar-refractivity contribution < 1.29 is 38.7 Å². The van der Waals surface area contributed by atoms with E-state index in [-0.39, 0.29) is 38.9 Å². The van der Waals surface area contributed by atoms with Gasteiger partial charge in [-0.15, -0.1) is 0 Å². The smallest absolute Gasteiger partial charge is 0.303 e. The number of imide groups is 3. The van der Waals surface area contributed by atoms with Crippen LogP contribution < -0.4 is 0 Å². The molecule has 3 aliphatic rings. The summed E-state index contributed by atoms with van der Waals surface area (Å²) in [4.78, 5) is 86.8. The highest BCUT2D eigenvalue weighted by molar-refractivity contribution is 6.14. The van der Waals surface area contributed by atoms with Crippen molar-refractivity contribution >= 4 is 41.4 Å². The Hall–Kier alpha value is -3.89. The molecular weight excluding hydrogens is 410 g/mol. The number of hydrogen-bond acceptors (Lipinski definition) is 7. The van der Waals surface area contributed by atoms with Crippen LogP contribution in [0, 0.1) is 5.41 Å². The van der Waals surface area contributed by atoms with Gasteiger partial charge >= 0.3 is 5.97 Å². The van der Waals surface area contributed by atoms with E-state index in [9.17, 15) is 33.6 Å². The molecule has 0 aromatic rings. The molecule has 0 aromatic heterocycles. The van der Waals surface area contributed by atoms with Crippen molar-refractivity contribution in [1.82, 2.24) is 14.7 Å². The fraction of sp³-hybridized carbons (Fsp3) is 0.350. The molecule has 0 aliphatic carbocycles. The summed E-state index contributed by atoms with van der Waals surface area (Å²) in [6, 6.07) is 0. The fourth-order valence-electron chi connectivity index (χ4n) is 3.77. The lowest BCUT2D eigenvalue weighted by Crippen LogP contribution is -2.54. The molecule has 3 heterocycles. The Morgan fingerprint density at radius 2 is 0.935 bits per heavy atom. The Balaban J connectivity index is 1.96. The van der Waals surface area contributed by atoms with E-state index in [0.29, 0.717) is 0 Å². The molecule has 11 heteroatoms. The summed E-state index contributed by atoms with van der Waals surface area (Å²) in [5.41, 5.74) is -1.32. The van der Waals surface area contributed by atoms with Gasteiger partial charge in [0.15, 0.2) is 0 Å². The van der Waals surface area contributed by atoms with E-state index in [1.54, 1.807) is 0 Å². The number of carbonyl (C=O) groups excluding carboxylic acids is 6. The average Bonchev–Trinajstić information content (AvgIpc) is 3.31. The molecule has 162 valence electrons. The third-order valence-corrected chi connectivity index (χ3v) is 5.28. The molecular formula is C20H19N3O8. The predicted octanol–water partition coefficient (Wildman–Crippen LogP) is -0.997. The largest absolute Gasteiger partial charge is 0.481 e. The minimum atomic E-state index is -1.32. The molecule has 11 nitrogen and oxygen atoms in total. The number of carboxylic acid groups (broad SMARTS) is 1. The van der Waals surface area contributed by atoms with Crippen LogP contribution in [-0.2, 0) is 33.6 Å². The lowest BCUT2D eigenvalue weighted by molar-refractivity contribution is -0.145. The zero-order valence-corrected chi connectivity index (χ0v) is 16.4. The monoisotopic (exact) mass is 429 g/mol. The summed E-state index contributed by atoms with van der Waals surface area (Å²) in [5.74, 6) is -4.83. The second-order valence-corrected chi connectivity index (χ2v) is 7.54. The summed E-state index contributed by atoms with van der Waals surface area (Å²) in [6.07, 6.45) is 6.19. The van der Waals surface area contributed by atoms with Crippen molar-refractivity contribution in [2.75, 3.05) is 19.6 Å². The average molecular weight is 429 g/mol. The Labute approximate surface area is 176 Å². The molecule has 6 amide bonds. The molecule has 0 atom stereocenters. The van der Waals surface area contributed by atoms with Gasteiger partial charge in [0, 0.05) is 67.9 Å². The van der Waals surface area contributed by atoms with Crippen molar-refractivity contribution in [3.63, 3.8) is 0 Å². The topological polar surface area (TPSA) is 149 Å². The Bertz CT molecular complexity index is 816. The van der Waals surface area contributed by atoms with Crippen molar-refractivity contribution in [3.05, 3.63) is 36.5 Å². The van der Waals surface area contributed by atoms with Gasteiger partial charge in [-0.3, -0.25) is 48.3 Å². The number of carboxylic acids is 1. The van der Waals surface area contributed by atoms with Crippen LogP contribution in [0.4, 0.5) is 0 Å². The zero-order chi connectivity index (χ0) is 22.8. The van der Waals surface area contributed by atoms with Crippen molar-refractivity contribution in [1.29, 1.82) is 0 Å². The molecule has 0 radical (unpaired) electrons. The minimum Gasteiger partial charge on any atom is -0.481 e. The third-order valence-electron chi connectivity index (χ3n) is 5.28. The maximum absolute atomic E-state index is 12.2. The molecule has 0 spiro atoms. The first-order valence-corrected chi connectivity index (χ1v) is 9.44. The highest BCUT2D eigenvalue weighted by Gasteiger charge is 2.44. The van der Waals surface area contributed by atoms with E-state index in [4.69, 9.17) is 5.11 Å². The molecule has 1 N–H and O–H groups in total. The normalized spacial score (nSPS) is 18.5. The fourth-order valence-corrected chi connectivity index (χ4v) is 3.77. The maximum Gasteiger partial charge on any atom is 0.303 e. The predicted molar refractivity (Wildman–Crippen MR) is 101 cm³/mol. The van der Waals surface area contributed by atoms with E-state index < -0.39 is 46.8 Å². The summed E-state index contributed by atoms with van der Waals surface area (Å²) in [7, 11) is 0. The zero-order valence-electron chi connectivity index (χ0n) is 16.4. The standard InChI is InChI=1S/C20H19N3O8/c24-13-3-4-14(25)21(13)10-20(9-1-2-19(30)31,11-22-15(26)5-6-16(22)27)12-23-17(28)7-8-18(23)29/h3-8H,1-2,9-12H2,(H,30,31). The molecule has 3 rings (SSSR count). The van der Waals surface area contributed by atoms with E-state index in [0.717, 1.165) is 51.2 Å². The molecule has 0 fully saturated rings. The molecule has 0 unspecified atom stereocenters. The Morgan fingerprint density at radius 1 is 0.645 bits per heavy atom. The van der Waals surface area contributed by atoms with E-state index >= 15 is 0 Å². The van der Waals surface area contributed by atoms with Gasteiger partial charge in [0.25, 0.3) is 35.4 Å². The van der Waals surface area contributed by atoms with E-state index in [1.807, 2.05) is 0 Å². The van der Waals surface area contributed by atoms with Gasteiger partial charge in [-0.05, 0) is 12.8 Å². The minimum absolute atomic E-state index is 0.0183. The first-order chi connectivity index (χ1) is 14.6. The van der Waals surface area contributed by atoms with Crippen LogP contribution in [0.25, 0.3) is 0 Å². The van der Waals surface area contributed by atoms with Gasteiger partial charge in [0.05, 0.1) is 0 Å². The molecule has 0 bridgehead atoms. The van der Waals surface area contributed by atoms with Gasteiger partial charge in [0.2, 0.25) is 0 Å². The lowest BCUT2D eigenvalue weighted by Gasteiger charge is -2.40.